The minimum Gasteiger partial charge on any atom is -0.508 e. The lowest BCUT2D eigenvalue weighted by molar-refractivity contribution is -0.387. The lowest BCUT2D eigenvalue weighted by Gasteiger charge is -2.16. The number of nitrogens with zero attached hydrogens (tertiary/aromatic N) is 1. The average Bonchev–Trinajstić information content (AvgIpc) is 2.38. The molecule has 20 heavy (non-hydrogen) atoms. The van der Waals surface area contributed by atoms with E-state index in [1.807, 2.05) is 0 Å². The number of hydrogen-bond donors (Lipinski definition) is 2. The monoisotopic (exact) mass is 276 g/mol. The predicted octanol–water partition coefficient (Wildman–Crippen LogP) is 3.61. The molecule has 0 spiro atoms. The molecule has 0 bridgehead atoms. The van der Waals surface area contributed by atoms with E-state index in [-0.39, 0.29) is 11.8 Å². The first kappa shape index (κ1) is 13.8. The predicted molar refractivity (Wildman–Crippen MR) is 73.2 cm³/mol. The number of nitro benzene ring substituents is 1. The second-order valence-corrected chi connectivity index (χ2v) is 4.35. The molecule has 0 aliphatic heterocycles. The molecule has 2 rings (SSSR count). The molecule has 0 heterocycles. The number of aromatic hydroxyl groups is 1. The van der Waals surface area contributed by atoms with Crippen LogP contribution in [0.2, 0.25) is 0 Å². The first-order chi connectivity index (χ1) is 9.49. The molecule has 0 aliphatic rings. The number of para-hydroxylation sites is 1. The minimum atomic E-state index is -0.899. The van der Waals surface area contributed by atoms with Gasteiger partial charge in [-0.15, -0.1) is 0 Å². The number of nitro groups is 1. The maximum absolute atomic E-state index is 13.5. The van der Waals surface area contributed by atoms with Crippen LogP contribution in [0.1, 0.15) is 18.5 Å². The normalized spacial score (nSPS) is 11.9. The van der Waals surface area contributed by atoms with Gasteiger partial charge in [0.25, 0.3) is 0 Å². The van der Waals surface area contributed by atoms with Crippen LogP contribution in [0.25, 0.3) is 0 Å². The molecule has 104 valence electrons. The summed E-state index contributed by atoms with van der Waals surface area (Å²) in [6.45, 7) is 1.80. The van der Waals surface area contributed by atoms with Gasteiger partial charge >= 0.3 is 5.69 Å². The smallest absolute Gasteiger partial charge is 0.304 e. The molecule has 0 aliphatic carbocycles. The number of hydrogen-bond acceptors (Lipinski definition) is 4. The highest BCUT2D eigenvalue weighted by molar-refractivity contribution is 5.51. The van der Waals surface area contributed by atoms with Crippen LogP contribution in [0.5, 0.6) is 5.75 Å². The zero-order valence-corrected chi connectivity index (χ0v) is 10.7. The van der Waals surface area contributed by atoms with Crippen molar-refractivity contribution in [1.29, 1.82) is 0 Å². The molecule has 0 radical (unpaired) electrons. The van der Waals surface area contributed by atoms with Crippen LogP contribution >= 0.6 is 0 Å². The molecular formula is C14H13FN2O3. The Bertz CT molecular complexity index is 646. The standard InChI is InChI=1S/C14H13FN2O3/c1-9(11-4-2-3-5-14(11)18)16-10-6-7-13(17(19)20)12(15)8-10/h2-9,16,18H,1H3. The van der Waals surface area contributed by atoms with Crippen molar-refractivity contribution in [3.8, 4) is 5.75 Å². The largest absolute Gasteiger partial charge is 0.508 e. The topological polar surface area (TPSA) is 75.4 Å². The molecule has 0 saturated heterocycles. The highest BCUT2D eigenvalue weighted by Gasteiger charge is 2.15. The van der Waals surface area contributed by atoms with Gasteiger partial charge < -0.3 is 10.4 Å². The summed E-state index contributed by atoms with van der Waals surface area (Å²) in [7, 11) is 0. The average molecular weight is 276 g/mol. The number of phenolic OH excluding ortho intramolecular Hbond substituents is 1. The third-order valence-corrected chi connectivity index (χ3v) is 2.93. The summed E-state index contributed by atoms with van der Waals surface area (Å²) in [5, 5.41) is 23.2. The molecule has 1 atom stereocenters. The van der Waals surface area contributed by atoms with Crippen molar-refractivity contribution in [3.63, 3.8) is 0 Å². The third-order valence-electron chi connectivity index (χ3n) is 2.93. The van der Waals surface area contributed by atoms with Gasteiger partial charge in [0.15, 0.2) is 0 Å². The number of nitrogens with one attached hydrogen (secondary N) is 1. The number of benzene rings is 2. The number of halogens is 1. The fourth-order valence-electron chi connectivity index (χ4n) is 1.93. The van der Waals surface area contributed by atoms with E-state index in [1.165, 1.54) is 6.07 Å². The molecule has 2 N–H and O–H groups in total. The van der Waals surface area contributed by atoms with Crippen LogP contribution in [-0.4, -0.2) is 10.0 Å². The second-order valence-electron chi connectivity index (χ2n) is 4.35. The molecule has 0 amide bonds. The summed E-state index contributed by atoms with van der Waals surface area (Å²) < 4.78 is 13.5. The molecule has 0 fully saturated rings. The number of rotatable bonds is 4. The Morgan fingerprint density at radius 2 is 2.00 bits per heavy atom. The van der Waals surface area contributed by atoms with Crippen LogP contribution in [0.3, 0.4) is 0 Å². The molecule has 0 aromatic heterocycles. The van der Waals surface area contributed by atoms with Crippen molar-refractivity contribution in [3.05, 3.63) is 64.0 Å². The van der Waals surface area contributed by atoms with Crippen molar-refractivity contribution >= 4 is 11.4 Å². The Balaban J connectivity index is 2.20. The summed E-state index contributed by atoms with van der Waals surface area (Å²) >= 11 is 0. The van der Waals surface area contributed by atoms with Gasteiger partial charge in [0.2, 0.25) is 5.82 Å². The molecule has 5 nitrogen and oxygen atoms in total. The van der Waals surface area contributed by atoms with Gasteiger partial charge in [-0.2, -0.15) is 4.39 Å². The first-order valence-corrected chi connectivity index (χ1v) is 5.97. The Hall–Kier alpha value is -2.63. The van der Waals surface area contributed by atoms with Crippen molar-refractivity contribution in [2.75, 3.05) is 5.32 Å². The summed E-state index contributed by atoms with van der Waals surface area (Å²) in [6, 6.07) is 10.1. The van der Waals surface area contributed by atoms with E-state index in [0.717, 1.165) is 12.1 Å². The summed E-state index contributed by atoms with van der Waals surface area (Å²) in [5.74, 6) is -0.764. The van der Waals surface area contributed by atoms with Gasteiger partial charge in [0.05, 0.1) is 11.0 Å². The van der Waals surface area contributed by atoms with E-state index in [2.05, 4.69) is 5.32 Å². The minimum absolute atomic E-state index is 0.134. The van der Waals surface area contributed by atoms with Gasteiger partial charge in [-0.25, -0.2) is 0 Å². The molecule has 6 heteroatoms. The van der Waals surface area contributed by atoms with E-state index in [4.69, 9.17) is 0 Å². The van der Waals surface area contributed by atoms with Crippen LogP contribution in [0.15, 0.2) is 42.5 Å². The van der Waals surface area contributed by atoms with Crippen LogP contribution in [0.4, 0.5) is 15.8 Å². The lowest BCUT2D eigenvalue weighted by Crippen LogP contribution is -2.07. The van der Waals surface area contributed by atoms with Crippen LogP contribution in [0, 0.1) is 15.9 Å². The summed E-state index contributed by atoms with van der Waals surface area (Å²) in [4.78, 5) is 9.76. The first-order valence-electron chi connectivity index (χ1n) is 5.97. The van der Waals surface area contributed by atoms with Crippen LogP contribution < -0.4 is 5.32 Å². The van der Waals surface area contributed by atoms with Crippen molar-refractivity contribution in [1.82, 2.24) is 0 Å². The van der Waals surface area contributed by atoms with Gasteiger partial charge in [-0.05, 0) is 19.1 Å². The van der Waals surface area contributed by atoms with Gasteiger partial charge in [-0.1, -0.05) is 18.2 Å². The highest BCUT2D eigenvalue weighted by Crippen LogP contribution is 2.28. The summed E-state index contributed by atoms with van der Waals surface area (Å²) in [6.07, 6.45) is 0. The SMILES string of the molecule is CC(Nc1ccc([N+](=O)[O-])c(F)c1)c1ccccc1O. The Labute approximate surface area is 114 Å². The van der Waals surface area contributed by atoms with Crippen molar-refractivity contribution < 1.29 is 14.4 Å². The second kappa shape index (κ2) is 5.56. The molecule has 1 unspecified atom stereocenters. The number of phenols is 1. The Kier molecular flexibility index (Phi) is 3.84. The van der Waals surface area contributed by atoms with Crippen LogP contribution in [-0.2, 0) is 0 Å². The molecule has 2 aromatic carbocycles. The third kappa shape index (κ3) is 2.85. The fraction of sp³-hybridized carbons (Fsp3) is 0.143. The van der Waals surface area contributed by atoms with Crippen molar-refractivity contribution in [2.45, 2.75) is 13.0 Å². The maximum Gasteiger partial charge on any atom is 0.304 e. The zero-order chi connectivity index (χ0) is 14.7. The Morgan fingerprint density at radius 3 is 2.60 bits per heavy atom. The zero-order valence-electron chi connectivity index (χ0n) is 10.7. The van der Waals surface area contributed by atoms with Gasteiger partial charge in [0.1, 0.15) is 5.75 Å². The molecule has 0 saturated carbocycles. The van der Waals surface area contributed by atoms with Crippen molar-refractivity contribution in [2.24, 2.45) is 0 Å². The molecule has 2 aromatic rings. The quantitative estimate of drug-likeness (QED) is 0.660. The van der Waals surface area contributed by atoms with E-state index in [0.29, 0.717) is 11.3 Å². The van der Waals surface area contributed by atoms with E-state index >= 15 is 0 Å². The van der Waals surface area contributed by atoms with Gasteiger partial charge in [0, 0.05) is 23.4 Å². The van der Waals surface area contributed by atoms with E-state index in [1.54, 1.807) is 31.2 Å². The van der Waals surface area contributed by atoms with E-state index in [9.17, 15) is 19.6 Å². The maximum atomic E-state index is 13.5. The highest BCUT2D eigenvalue weighted by atomic mass is 19.1. The summed E-state index contributed by atoms with van der Waals surface area (Å²) in [5.41, 5.74) is 0.501. The number of anilines is 1. The lowest BCUT2D eigenvalue weighted by atomic mass is 10.1. The fourth-order valence-corrected chi connectivity index (χ4v) is 1.93. The molecular weight excluding hydrogens is 263 g/mol. The Morgan fingerprint density at radius 1 is 1.30 bits per heavy atom. The van der Waals surface area contributed by atoms with Gasteiger partial charge in [-0.3, -0.25) is 10.1 Å². The van der Waals surface area contributed by atoms with E-state index < -0.39 is 16.4 Å².